The van der Waals surface area contributed by atoms with E-state index in [2.05, 4.69) is 15.9 Å². The lowest BCUT2D eigenvalue weighted by atomic mass is 10.3. The maximum atomic E-state index is 12.5. The van der Waals surface area contributed by atoms with E-state index in [4.69, 9.17) is 9.84 Å². The summed E-state index contributed by atoms with van der Waals surface area (Å²) in [5.74, 6) is 0.308. The average Bonchev–Trinajstić information content (AvgIpc) is 2.39. The van der Waals surface area contributed by atoms with Gasteiger partial charge in [-0.3, -0.25) is 0 Å². The third kappa shape index (κ3) is 3.68. The Labute approximate surface area is 122 Å². The number of likely N-dealkylation sites (N-methyl/N-ethyl adjacent to an activating group) is 1. The van der Waals surface area contributed by atoms with Crippen molar-refractivity contribution in [2.45, 2.75) is 24.8 Å². The van der Waals surface area contributed by atoms with Gasteiger partial charge in [0.25, 0.3) is 0 Å². The van der Waals surface area contributed by atoms with Gasteiger partial charge in [0.1, 0.15) is 10.6 Å². The average molecular weight is 352 g/mol. The van der Waals surface area contributed by atoms with Gasteiger partial charge in [-0.2, -0.15) is 4.31 Å². The number of aliphatic hydroxyl groups excluding tert-OH is 1. The number of ether oxygens (including phenoxy) is 1. The Bertz CT molecular complexity index is 533. The number of sulfonamides is 1. The van der Waals surface area contributed by atoms with E-state index in [1.54, 1.807) is 26.0 Å². The molecule has 0 saturated heterocycles. The lowest BCUT2D eigenvalue weighted by molar-refractivity contribution is 0.213. The molecule has 0 radical (unpaired) electrons. The smallest absolute Gasteiger partial charge is 0.246 e. The van der Waals surface area contributed by atoms with Gasteiger partial charge in [-0.15, -0.1) is 0 Å². The van der Waals surface area contributed by atoms with Crippen molar-refractivity contribution in [1.29, 1.82) is 0 Å². The van der Waals surface area contributed by atoms with Crippen molar-refractivity contribution in [2.75, 3.05) is 20.3 Å². The Morgan fingerprint density at radius 1 is 1.47 bits per heavy atom. The molecule has 1 aromatic rings. The van der Waals surface area contributed by atoms with E-state index in [1.165, 1.54) is 13.1 Å². The van der Waals surface area contributed by atoms with Crippen molar-refractivity contribution in [3.05, 3.63) is 22.7 Å². The molecular weight excluding hydrogens is 334 g/mol. The number of aliphatic hydroxyl groups is 1. The van der Waals surface area contributed by atoms with E-state index in [9.17, 15) is 8.42 Å². The summed E-state index contributed by atoms with van der Waals surface area (Å²) in [5, 5.41) is 9.10. The fraction of sp³-hybridized carbons (Fsp3) is 0.500. The first kappa shape index (κ1) is 16.4. The SMILES string of the molecule is CCOc1ccc(Br)cc1S(=O)(=O)N(C)C(C)CO. The van der Waals surface area contributed by atoms with E-state index in [0.29, 0.717) is 16.8 Å². The Kier molecular flexibility index (Phi) is 5.79. The van der Waals surface area contributed by atoms with Crippen LogP contribution in [-0.4, -0.2) is 44.1 Å². The maximum absolute atomic E-state index is 12.5. The fourth-order valence-corrected chi connectivity index (χ4v) is 3.49. The zero-order chi connectivity index (χ0) is 14.6. The first-order valence-electron chi connectivity index (χ1n) is 5.85. The molecule has 0 aliphatic carbocycles. The lowest BCUT2D eigenvalue weighted by Gasteiger charge is -2.23. The van der Waals surface area contributed by atoms with Gasteiger partial charge < -0.3 is 9.84 Å². The minimum absolute atomic E-state index is 0.0894. The molecule has 19 heavy (non-hydrogen) atoms. The number of halogens is 1. The van der Waals surface area contributed by atoms with Crippen LogP contribution in [0.3, 0.4) is 0 Å². The second-order valence-corrected chi connectivity index (χ2v) is 6.96. The molecule has 0 amide bonds. The molecule has 5 nitrogen and oxygen atoms in total. The number of hydrogen-bond donors (Lipinski definition) is 1. The zero-order valence-corrected chi connectivity index (χ0v) is 13.5. The largest absolute Gasteiger partial charge is 0.492 e. The molecule has 0 aliphatic heterocycles. The van der Waals surface area contributed by atoms with Crippen LogP contribution in [0.2, 0.25) is 0 Å². The highest BCUT2D eigenvalue weighted by atomic mass is 79.9. The molecule has 0 aromatic heterocycles. The van der Waals surface area contributed by atoms with E-state index in [-0.39, 0.29) is 11.5 Å². The Balaban J connectivity index is 3.30. The predicted octanol–water partition coefficient (Wildman–Crippen LogP) is 1.85. The zero-order valence-electron chi connectivity index (χ0n) is 11.1. The number of benzene rings is 1. The van der Waals surface area contributed by atoms with Crippen LogP contribution < -0.4 is 4.74 Å². The first-order valence-corrected chi connectivity index (χ1v) is 8.09. The highest BCUT2D eigenvalue weighted by Gasteiger charge is 2.28. The summed E-state index contributed by atoms with van der Waals surface area (Å²) in [6, 6.07) is 4.33. The molecular formula is C12H18BrNO4S. The van der Waals surface area contributed by atoms with E-state index >= 15 is 0 Å². The van der Waals surface area contributed by atoms with Crippen molar-refractivity contribution in [3.8, 4) is 5.75 Å². The van der Waals surface area contributed by atoms with Crippen LogP contribution >= 0.6 is 15.9 Å². The normalized spacial score (nSPS) is 13.6. The summed E-state index contributed by atoms with van der Waals surface area (Å²) in [6.45, 7) is 3.56. The molecule has 0 fully saturated rings. The van der Waals surface area contributed by atoms with Gasteiger partial charge in [0.05, 0.1) is 13.2 Å². The standard InChI is InChI=1S/C12H18BrNO4S/c1-4-18-11-6-5-10(13)7-12(11)19(16,17)14(3)9(2)8-15/h5-7,9,15H,4,8H2,1-3H3. The minimum atomic E-state index is -3.71. The molecule has 1 atom stereocenters. The van der Waals surface area contributed by atoms with Gasteiger partial charge in [-0.25, -0.2) is 8.42 Å². The van der Waals surface area contributed by atoms with Crippen molar-refractivity contribution in [2.24, 2.45) is 0 Å². The van der Waals surface area contributed by atoms with Crippen LogP contribution in [0.15, 0.2) is 27.6 Å². The van der Waals surface area contributed by atoms with Crippen LogP contribution in [-0.2, 0) is 10.0 Å². The third-order valence-corrected chi connectivity index (χ3v) is 5.23. The van der Waals surface area contributed by atoms with E-state index < -0.39 is 16.1 Å². The third-order valence-electron chi connectivity index (χ3n) is 2.75. The van der Waals surface area contributed by atoms with Crippen LogP contribution in [0, 0.1) is 0 Å². The second kappa shape index (κ2) is 6.69. The summed E-state index contributed by atoms with van der Waals surface area (Å²) < 4.78 is 32.1. The van der Waals surface area contributed by atoms with Crippen molar-refractivity contribution in [3.63, 3.8) is 0 Å². The minimum Gasteiger partial charge on any atom is -0.492 e. The molecule has 1 aromatic carbocycles. The first-order chi connectivity index (χ1) is 8.84. The van der Waals surface area contributed by atoms with Gasteiger partial charge in [0.2, 0.25) is 10.0 Å². The molecule has 1 N–H and O–H groups in total. The van der Waals surface area contributed by atoms with Gasteiger partial charge in [0, 0.05) is 17.6 Å². The lowest BCUT2D eigenvalue weighted by Crippen LogP contribution is -2.37. The molecule has 0 spiro atoms. The molecule has 0 aliphatic rings. The maximum Gasteiger partial charge on any atom is 0.246 e. The summed E-state index contributed by atoms with van der Waals surface area (Å²) in [5.41, 5.74) is 0. The predicted molar refractivity (Wildman–Crippen MR) is 76.8 cm³/mol. The van der Waals surface area contributed by atoms with Crippen molar-refractivity contribution < 1.29 is 18.3 Å². The van der Waals surface area contributed by atoms with Crippen LogP contribution in [0.4, 0.5) is 0 Å². The van der Waals surface area contributed by atoms with Gasteiger partial charge in [-0.05, 0) is 32.0 Å². The van der Waals surface area contributed by atoms with Gasteiger partial charge >= 0.3 is 0 Å². The van der Waals surface area contributed by atoms with Crippen LogP contribution in [0.25, 0.3) is 0 Å². The van der Waals surface area contributed by atoms with Crippen molar-refractivity contribution in [1.82, 2.24) is 4.31 Å². The summed E-state index contributed by atoms with van der Waals surface area (Å²) >= 11 is 3.26. The summed E-state index contributed by atoms with van der Waals surface area (Å²) in [6.07, 6.45) is 0. The highest BCUT2D eigenvalue weighted by molar-refractivity contribution is 9.10. The number of hydrogen-bond acceptors (Lipinski definition) is 4. The summed E-state index contributed by atoms with van der Waals surface area (Å²) in [4.78, 5) is 0.0894. The molecule has 1 unspecified atom stereocenters. The van der Waals surface area contributed by atoms with E-state index in [0.717, 1.165) is 4.31 Å². The molecule has 0 saturated carbocycles. The molecule has 0 bridgehead atoms. The summed E-state index contributed by atoms with van der Waals surface area (Å²) in [7, 11) is -2.27. The Morgan fingerprint density at radius 3 is 2.63 bits per heavy atom. The quantitative estimate of drug-likeness (QED) is 0.849. The Morgan fingerprint density at radius 2 is 2.11 bits per heavy atom. The monoisotopic (exact) mass is 351 g/mol. The van der Waals surface area contributed by atoms with E-state index in [1.807, 2.05) is 0 Å². The van der Waals surface area contributed by atoms with Crippen molar-refractivity contribution >= 4 is 26.0 Å². The number of rotatable bonds is 6. The fourth-order valence-electron chi connectivity index (χ4n) is 1.47. The molecule has 0 heterocycles. The van der Waals surface area contributed by atoms with Crippen LogP contribution in [0.1, 0.15) is 13.8 Å². The Hall–Kier alpha value is -0.630. The molecule has 7 heteroatoms. The second-order valence-electron chi connectivity index (χ2n) is 4.08. The van der Waals surface area contributed by atoms with Crippen LogP contribution in [0.5, 0.6) is 5.75 Å². The highest BCUT2D eigenvalue weighted by Crippen LogP contribution is 2.30. The molecule has 1 rings (SSSR count). The van der Waals surface area contributed by atoms with Gasteiger partial charge in [-0.1, -0.05) is 15.9 Å². The molecule has 108 valence electrons. The van der Waals surface area contributed by atoms with Gasteiger partial charge in [0.15, 0.2) is 0 Å². The topological polar surface area (TPSA) is 66.8 Å². The number of nitrogens with zero attached hydrogens (tertiary/aromatic N) is 1.